The maximum absolute atomic E-state index is 13.4. The van der Waals surface area contributed by atoms with E-state index in [1.54, 1.807) is 47.5 Å². The second-order valence-corrected chi connectivity index (χ2v) is 8.87. The average Bonchev–Trinajstić information content (AvgIpc) is 3.03. The van der Waals surface area contributed by atoms with Crippen LogP contribution in [0.25, 0.3) is 0 Å². The molecule has 2 atom stereocenters. The van der Waals surface area contributed by atoms with Crippen molar-refractivity contribution >= 4 is 35.1 Å². The molecule has 1 aromatic heterocycles. The number of Topliss-reactive ketones (excluding diaryl/α,β-unsaturated/α-hetero) is 1. The molecule has 0 aliphatic carbocycles. The van der Waals surface area contributed by atoms with Crippen molar-refractivity contribution in [3.8, 4) is 0 Å². The minimum absolute atomic E-state index is 0.0386. The number of benzene rings is 1. The van der Waals surface area contributed by atoms with E-state index >= 15 is 0 Å². The highest BCUT2D eigenvalue weighted by molar-refractivity contribution is 6.32. The van der Waals surface area contributed by atoms with E-state index in [1.807, 2.05) is 0 Å². The number of carbonyl (C=O) groups excluding carboxylic acids is 4. The molecular formula is C24H24ClN3O4. The molecule has 4 rings (SSSR count). The standard InChI is InChI=1S/C24H24ClN3O4/c1-27-20(29)12-24(23(27)32,18-8-2-3-9-19(18)25)13-21(30)28-11-5-7-17(15-28)22(31)16-6-4-10-26-14-16/h2-4,6,8-10,14,17H,5,7,11-13,15H2,1H3. The Balaban J connectivity index is 1.58. The molecule has 2 saturated heterocycles. The van der Waals surface area contributed by atoms with Gasteiger partial charge in [0.25, 0.3) is 0 Å². The molecule has 2 fully saturated rings. The van der Waals surface area contributed by atoms with Crippen molar-refractivity contribution in [2.45, 2.75) is 31.1 Å². The molecule has 2 unspecified atom stereocenters. The van der Waals surface area contributed by atoms with Gasteiger partial charge in [0, 0.05) is 61.9 Å². The predicted molar refractivity (Wildman–Crippen MR) is 118 cm³/mol. The van der Waals surface area contributed by atoms with Gasteiger partial charge in [-0.1, -0.05) is 29.8 Å². The molecule has 32 heavy (non-hydrogen) atoms. The van der Waals surface area contributed by atoms with E-state index in [2.05, 4.69) is 4.98 Å². The lowest BCUT2D eigenvalue weighted by molar-refractivity contribution is -0.142. The Morgan fingerprint density at radius 2 is 1.97 bits per heavy atom. The summed E-state index contributed by atoms with van der Waals surface area (Å²) >= 11 is 6.40. The summed E-state index contributed by atoms with van der Waals surface area (Å²) in [6.07, 6.45) is 4.25. The summed E-state index contributed by atoms with van der Waals surface area (Å²) in [5.74, 6) is -1.39. The fourth-order valence-electron chi connectivity index (χ4n) is 4.71. The minimum atomic E-state index is -1.33. The summed E-state index contributed by atoms with van der Waals surface area (Å²) in [6, 6.07) is 10.3. The van der Waals surface area contributed by atoms with Crippen molar-refractivity contribution in [3.05, 3.63) is 64.9 Å². The highest BCUT2D eigenvalue weighted by atomic mass is 35.5. The Morgan fingerprint density at radius 1 is 1.19 bits per heavy atom. The van der Waals surface area contributed by atoms with Gasteiger partial charge in [-0.2, -0.15) is 0 Å². The number of hydrogen-bond acceptors (Lipinski definition) is 5. The maximum atomic E-state index is 13.4. The third kappa shape index (κ3) is 3.93. The van der Waals surface area contributed by atoms with Gasteiger partial charge < -0.3 is 4.90 Å². The number of likely N-dealkylation sites (N-methyl/N-ethyl adjacent to an activating group) is 1. The average molecular weight is 454 g/mol. The predicted octanol–water partition coefficient (Wildman–Crippen LogP) is 2.87. The van der Waals surface area contributed by atoms with E-state index in [4.69, 9.17) is 11.6 Å². The number of hydrogen-bond donors (Lipinski definition) is 0. The molecule has 2 aliphatic heterocycles. The molecule has 0 bridgehead atoms. The first-order valence-corrected chi connectivity index (χ1v) is 11.0. The topological polar surface area (TPSA) is 87.7 Å². The fourth-order valence-corrected chi connectivity index (χ4v) is 5.03. The van der Waals surface area contributed by atoms with E-state index in [0.29, 0.717) is 35.5 Å². The van der Waals surface area contributed by atoms with Crippen LogP contribution in [0.4, 0.5) is 0 Å². The molecule has 7 nitrogen and oxygen atoms in total. The SMILES string of the molecule is CN1C(=O)CC(CC(=O)N2CCCC(C(=O)c3cccnc3)C2)(c2ccccc2Cl)C1=O. The molecule has 0 spiro atoms. The number of likely N-dealkylation sites (tertiary alicyclic amines) is 2. The molecule has 2 aliphatic rings. The summed E-state index contributed by atoms with van der Waals surface area (Å²) in [7, 11) is 1.43. The molecule has 3 amide bonds. The lowest BCUT2D eigenvalue weighted by atomic mass is 9.75. The monoisotopic (exact) mass is 453 g/mol. The second kappa shape index (κ2) is 8.82. The molecule has 3 heterocycles. The van der Waals surface area contributed by atoms with Crippen LogP contribution >= 0.6 is 11.6 Å². The van der Waals surface area contributed by atoms with Crippen molar-refractivity contribution in [2.24, 2.45) is 5.92 Å². The Hall–Kier alpha value is -3.06. The largest absolute Gasteiger partial charge is 0.342 e. The molecule has 2 aromatic rings. The number of ketones is 1. The van der Waals surface area contributed by atoms with Gasteiger partial charge in [0.2, 0.25) is 17.7 Å². The number of pyridine rings is 1. The summed E-state index contributed by atoms with van der Waals surface area (Å²) in [5.41, 5.74) is -0.322. The smallest absolute Gasteiger partial charge is 0.240 e. The highest BCUT2D eigenvalue weighted by Gasteiger charge is 2.53. The minimum Gasteiger partial charge on any atom is -0.342 e. The van der Waals surface area contributed by atoms with Crippen LogP contribution in [0.5, 0.6) is 0 Å². The lowest BCUT2D eigenvalue weighted by Crippen LogP contribution is -2.47. The van der Waals surface area contributed by atoms with Crippen molar-refractivity contribution in [1.82, 2.24) is 14.8 Å². The third-order valence-electron chi connectivity index (χ3n) is 6.47. The highest BCUT2D eigenvalue weighted by Crippen LogP contribution is 2.43. The van der Waals surface area contributed by atoms with E-state index in [0.717, 1.165) is 4.90 Å². The number of halogens is 1. The van der Waals surface area contributed by atoms with Crippen LogP contribution < -0.4 is 0 Å². The molecule has 1 aromatic carbocycles. The van der Waals surface area contributed by atoms with Crippen LogP contribution in [0.2, 0.25) is 5.02 Å². The van der Waals surface area contributed by atoms with Crippen LogP contribution in [0.3, 0.4) is 0 Å². The van der Waals surface area contributed by atoms with Gasteiger partial charge in [0.15, 0.2) is 5.78 Å². The van der Waals surface area contributed by atoms with Crippen LogP contribution in [0, 0.1) is 5.92 Å². The summed E-state index contributed by atoms with van der Waals surface area (Å²) < 4.78 is 0. The number of rotatable bonds is 5. The molecular weight excluding hydrogens is 430 g/mol. The van der Waals surface area contributed by atoms with Crippen LogP contribution in [-0.4, -0.2) is 58.4 Å². The Morgan fingerprint density at radius 3 is 2.62 bits per heavy atom. The van der Waals surface area contributed by atoms with Crippen molar-refractivity contribution in [3.63, 3.8) is 0 Å². The lowest BCUT2D eigenvalue weighted by Gasteiger charge is -2.35. The number of piperidine rings is 1. The number of amides is 3. The van der Waals surface area contributed by atoms with E-state index < -0.39 is 11.3 Å². The second-order valence-electron chi connectivity index (χ2n) is 8.46. The molecule has 0 radical (unpaired) electrons. The van der Waals surface area contributed by atoms with Crippen LogP contribution in [0.15, 0.2) is 48.8 Å². The number of nitrogens with zero attached hydrogens (tertiary/aromatic N) is 3. The van der Waals surface area contributed by atoms with Gasteiger partial charge in [-0.3, -0.25) is 29.1 Å². The van der Waals surface area contributed by atoms with Crippen molar-refractivity contribution in [1.29, 1.82) is 0 Å². The van der Waals surface area contributed by atoms with Gasteiger partial charge in [0.05, 0.1) is 5.41 Å². The first kappa shape index (κ1) is 22.1. The van der Waals surface area contributed by atoms with E-state index in [-0.39, 0.29) is 42.9 Å². The van der Waals surface area contributed by atoms with Crippen molar-refractivity contribution in [2.75, 3.05) is 20.1 Å². The zero-order valence-corrected chi connectivity index (χ0v) is 18.5. The summed E-state index contributed by atoms with van der Waals surface area (Å²) in [4.78, 5) is 58.6. The number of imide groups is 1. The number of aromatic nitrogens is 1. The van der Waals surface area contributed by atoms with Gasteiger partial charge in [-0.15, -0.1) is 0 Å². The van der Waals surface area contributed by atoms with Gasteiger partial charge in [-0.05, 0) is 36.6 Å². The first-order valence-electron chi connectivity index (χ1n) is 10.6. The van der Waals surface area contributed by atoms with Gasteiger partial charge in [0.1, 0.15) is 0 Å². The quantitative estimate of drug-likeness (QED) is 0.513. The van der Waals surface area contributed by atoms with E-state index in [9.17, 15) is 19.2 Å². The zero-order valence-electron chi connectivity index (χ0n) is 17.8. The van der Waals surface area contributed by atoms with Crippen LogP contribution in [-0.2, 0) is 19.8 Å². The third-order valence-corrected chi connectivity index (χ3v) is 6.80. The Kier molecular flexibility index (Phi) is 6.11. The molecule has 8 heteroatoms. The maximum Gasteiger partial charge on any atom is 0.240 e. The Labute approximate surface area is 191 Å². The van der Waals surface area contributed by atoms with Gasteiger partial charge in [-0.25, -0.2) is 0 Å². The van der Waals surface area contributed by atoms with Gasteiger partial charge >= 0.3 is 0 Å². The first-order chi connectivity index (χ1) is 15.3. The van der Waals surface area contributed by atoms with Crippen molar-refractivity contribution < 1.29 is 19.2 Å². The summed E-state index contributed by atoms with van der Waals surface area (Å²) in [5, 5.41) is 0.347. The van der Waals surface area contributed by atoms with E-state index in [1.165, 1.54) is 13.2 Å². The molecule has 166 valence electrons. The summed E-state index contributed by atoms with van der Waals surface area (Å²) in [6.45, 7) is 0.787. The van der Waals surface area contributed by atoms with Crippen LogP contribution in [0.1, 0.15) is 41.6 Å². The number of carbonyl (C=O) groups is 4. The fraction of sp³-hybridized carbons (Fsp3) is 0.375. The molecule has 0 saturated carbocycles. The normalized spacial score (nSPS) is 23.5. The molecule has 0 N–H and O–H groups in total. The Bertz CT molecular complexity index is 1070. The zero-order chi connectivity index (χ0) is 22.9.